The van der Waals surface area contributed by atoms with Crippen LogP contribution < -0.4 is 10.1 Å². The Hall–Kier alpha value is -1.80. The average Bonchev–Trinajstić information content (AvgIpc) is 2.53. The van der Waals surface area contributed by atoms with Crippen LogP contribution in [0.25, 0.3) is 0 Å². The Morgan fingerprint density at radius 3 is 2.30 bits per heavy atom. The number of hydrogen-bond acceptors (Lipinski definition) is 2. The van der Waals surface area contributed by atoms with Crippen molar-refractivity contribution in [2.24, 2.45) is 0 Å². The molecule has 1 unspecified atom stereocenters. The van der Waals surface area contributed by atoms with Gasteiger partial charge in [0.05, 0.1) is 7.11 Å². The first kappa shape index (κ1) is 14.6. The topological polar surface area (TPSA) is 21.3 Å². The standard InChI is InChI=1S/C18H23NO/c1-4-17(16-12-8-9-13-18(16)20-3)19-14(2)15-10-6-5-7-11-15/h5-14,17,19H,4H2,1-3H3/t14-,17?/m0/s1. The van der Waals surface area contributed by atoms with E-state index in [4.69, 9.17) is 4.74 Å². The zero-order valence-electron chi connectivity index (χ0n) is 12.5. The highest BCUT2D eigenvalue weighted by Gasteiger charge is 2.16. The highest BCUT2D eigenvalue weighted by Crippen LogP contribution is 2.29. The molecular weight excluding hydrogens is 246 g/mol. The molecule has 0 aliphatic carbocycles. The van der Waals surface area contributed by atoms with Gasteiger partial charge in [0.25, 0.3) is 0 Å². The number of rotatable bonds is 6. The van der Waals surface area contributed by atoms with Gasteiger partial charge in [0.1, 0.15) is 5.75 Å². The first-order valence-electron chi connectivity index (χ1n) is 7.20. The van der Waals surface area contributed by atoms with Crippen molar-refractivity contribution in [2.75, 3.05) is 7.11 Å². The first-order valence-corrected chi connectivity index (χ1v) is 7.20. The van der Waals surface area contributed by atoms with Crippen LogP contribution in [0.2, 0.25) is 0 Å². The molecule has 2 aromatic rings. The maximum atomic E-state index is 5.48. The molecule has 106 valence electrons. The molecule has 2 heteroatoms. The Bertz CT molecular complexity index is 524. The Labute approximate surface area is 121 Å². The number of para-hydroxylation sites is 1. The molecule has 2 rings (SSSR count). The smallest absolute Gasteiger partial charge is 0.123 e. The third-order valence-corrected chi connectivity index (χ3v) is 3.67. The van der Waals surface area contributed by atoms with Gasteiger partial charge in [-0.25, -0.2) is 0 Å². The number of ether oxygens (including phenoxy) is 1. The quantitative estimate of drug-likeness (QED) is 0.834. The van der Waals surface area contributed by atoms with E-state index in [2.05, 4.69) is 55.6 Å². The second-order valence-corrected chi connectivity index (χ2v) is 5.00. The predicted octanol–water partition coefficient (Wildman–Crippen LogP) is 4.50. The molecule has 0 aliphatic heterocycles. The minimum Gasteiger partial charge on any atom is -0.496 e. The summed E-state index contributed by atoms with van der Waals surface area (Å²) in [5.41, 5.74) is 2.53. The van der Waals surface area contributed by atoms with E-state index in [1.165, 1.54) is 11.1 Å². The number of nitrogens with one attached hydrogen (secondary N) is 1. The van der Waals surface area contributed by atoms with E-state index in [-0.39, 0.29) is 0 Å². The summed E-state index contributed by atoms with van der Waals surface area (Å²) in [4.78, 5) is 0. The SMILES string of the molecule is CCC(N[C@@H](C)c1ccccc1)c1ccccc1OC. The van der Waals surface area contributed by atoms with Crippen LogP contribution in [0.4, 0.5) is 0 Å². The lowest BCUT2D eigenvalue weighted by Gasteiger charge is -2.24. The zero-order chi connectivity index (χ0) is 14.4. The Kier molecular flexibility index (Phi) is 5.19. The third kappa shape index (κ3) is 3.40. The molecule has 2 nitrogen and oxygen atoms in total. The van der Waals surface area contributed by atoms with Crippen molar-refractivity contribution < 1.29 is 4.74 Å². The molecule has 1 N–H and O–H groups in total. The summed E-state index contributed by atoms with van der Waals surface area (Å²) in [6, 6.07) is 19.4. The van der Waals surface area contributed by atoms with E-state index in [0.29, 0.717) is 12.1 Å². The summed E-state index contributed by atoms with van der Waals surface area (Å²) < 4.78 is 5.48. The number of benzene rings is 2. The minimum absolute atomic E-state index is 0.293. The van der Waals surface area contributed by atoms with Crippen LogP contribution in [0, 0.1) is 0 Å². The van der Waals surface area contributed by atoms with Crippen LogP contribution in [-0.4, -0.2) is 7.11 Å². The number of methoxy groups -OCH3 is 1. The van der Waals surface area contributed by atoms with Gasteiger partial charge in [-0.3, -0.25) is 0 Å². The molecule has 0 amide bonds. The molecule has 0 spiro atoms. The zero-order valence-corrected chi connectivity index (χ0v) is 12.5. The van der Waals surface area contributed by atoms with E-state index < -0.39 is 0 Å². The largest absolute Gasteiger partial charge is 0.496 e. The van der Waals surface area contributed by atoms with Crippen molar-refractivity contribution in [3.63, 3.8) is 0 Å². The summed E-state index contributed by atoms with van der Waals surface area (Å²) in [5, 5.41) is 3.69. The summed E-state index contributed by atoms with van der Waals surface area (Å²) >= 11 is 0. The van der Waals surface area contributed by atoms with E-state index in [1.807, 2.05) is 18.2 Å². The first-order chi connectivity index (χ1) is 9.76. The van der Waals surface area contributed by atoms with Gasteiger partial charge in [-0.05, 0) is 25.0 Å². The van der Waals surface area contributed by atoms with Crippen molar-refractivity contribution in [1.29, 1.82) is 0 Å². The Balaban J connectivity index is 2.17. The van der Waals surface area contributed by atoms with Crippen LogP contribution in [0.3, 0.4) is 0 Å². The van der Waals surface area contributed by atoms with Gasteiger partial charge in [-0.1, -0.05) is 55.5 Å². The molecule has 0 saturated carbocycles. The molecule has 0 fully saturated rings. The molecule has 0 bridgehead atoms. The highest BCUT2D eigenvalue weighted by atomic mass is 16.5. The second-order valence-electron chi connectivity index (χ2n) is 5.00. The van der Waals surface area contributed by atoms with Crippen LogP contribution >= 0.6 is 0 Å². The van der Waals surface area contributed by atoms with E-state index in [9.17, 15) is 0 Å². The summed E-state index contributed by atoms with van der Waals surface area (Å²) in [6.45, 7) is 4.40. The van der Waals surface area contributed by atoms with Crippen LogP contribution in [0.15, 0.2) is 54.6 Å². The van der Waals surface area contributed by atoms with E-state index >= 15 is 0 Å². The van der Waals surface area contributed by atoms with Crippen molar-refractivity contribution in [1.82, 2.24) is 5.32 Å². The molecule has 0 saturated heterocycles. The van der Waals surface area contributed by atoms with Gasteiger partial charge >= 0.3 is 0 Å². The molecule has 2 aromatic carbocycles. The second kappa shape index (κ2) is 7.11. The maximum Gasteiger partial charge on any atom is 0.123 e. The summed E-state index contributed by atoms with van der Waals surface area (Å²) in [7, 11) is 1.73. The van der Waals surface area contributed by atoms with Gasteiger partial charge in [0.2, 0.25) is 0 Å². The van der Waals surface area contributed by atoms with Crippen molar-refractivity contribution in [3.8, 4) is 5.75 Å². The lowest BCUT2D eigenvalue weighted by atomic mass is 10.0. The summed E-state index contributed by atoms with van der Waals surface area (Å²) in [5.74, 6) is 0.951. The minimum atomic E-state index is 0.293. The van der Waals surface area contributed by atoms with Crippen molar-refractivity contribution >= 4 is 0 Å². The van der Waals surface area contributed by atoms with Gasteiger partial charge in [0, 0.05) is 17.6 Å². The van der Waals surface area contributed by atoms with Gasteiger partial charge < -0.3 is 10.1 Å². The fraction of sp³-hybridized carbons (Fsp3) is 0.333. The van der Waals surface area contributed by atoms with Crippen molar-refractivity contribution in [3.05, 3.63) is 65.7 Å². The number of hydrogen-bond donors (Lipinski definition) is 1. The predicted molar refractivity (Wildman–Crippen MR) is 84.0 cm³/mol. The third-order valence-electron chi connectivity index (χ3n) is 3.67. The monoisotopic (exact) mass is 269 g/mol. The molecule has 0 aliphatic rings. The van der Waals surface area contributed by atoms with Gasteiger partial charge in [-0.15, -0.1) is 0 Å². The average molecular weight is 269 g/mol. The molecule has 2 atom stereocenters. The van der Waals surface area contributed by atoms with Crippen LogP contribution in [0.1, 0.15) is 43.5 Å². The molecule has 0 heterocycles. The van der Waals surface area contributed by atoms with Gasteiger partial charge in [-0.2, -0.15) is 0 Å². The molecule has 20 heavy (non-hydrogen) atoms. The lowest BCUT2D eigenvalue weighted by molar-refractivity contribution is 0.388. The Morgan fingerprint density at radius 1 is 1.00 bits per heavy atom. The highest BCUT2D eigenvalue weighted by molar-refractivity contribution is 5.36. The van der Waals surface area contributed by atoms with E-state index in [1.54, 1.807) is 7.11 Å². The summed E-state index contributed by atoms with van der Waals surface area (Å²) in [6.07, 6.45) is 1.03. The van der Waals surface area contributed by atoms with E-state index in [0.717, 1.165) is 12.2 Å². The Morgan fingerprint density at radius 2 is 1.65 bits per heavy atom. The molecular formula is C18H23NO. The van der Waals surface area contributed by atoms with Gasteiger partial charge in [0.15, 0.2) is 0 Å². The maximum absolute atomic E-state index is 5.48. The molecule has 0 aromatic heterocycles. The lowest BCUT2D eigenvalue weighted by Crippen LogP contribution is -2.24. The van der Waals surface area contributed by atoms with Crippen LogP contribution in [-0.2, 0) is 0 Å². The molecule has 0 radical (unpaired) electrons. The van der Waals surface area contributed by atoms with Crippen LogP contribution in [0.5, 0.6) is 5.75 Å². The fourth-order valence-electron chi connectivity index (χ4n) is 2.52. The normalized spacial score (nSPS) is 13.8. The van der Waals surface area contributed by atoms with Crippen molar-refractivity contribution in [2.45, 2.75) is 32.4 Å². The fourth-order valence-corrected chi connectivity index (χ4v) is 2.52.